The van der Waals surface area contributed by atoms with Crippen LogP contribution in [0.15, 0.2) is 47.4 Å². The number of sulfonamides is 1. The maximum atomic E-state index is 12.4. The fourth-order valence-corrected chi connectivity index (χ4v) is 4.21. The third kappa shape index (κ3) is 5.56. The fraction of sp³-hybridized carbons (Fsp3) is 0.381. The molecule has 0 fully saturated rings. The predicted octanol–water partition coefficient (Wildman–Crippen LogP) is 2.35. The molecule has 28 heavy (non-hydrogen) atoms. The molecule has 1 amide bonds. The van der Waals surface area contributed by atoms with Gasteiger partial charge in [0.1, 0.15) is 12.4 Å². The molecule has 0 saturated heterocycles. The molecule has 0 radical (unpaired) electrons. The van der Waals surface area contributed by atoms with Crippen molar-refractivity contribution < 1.29 is 17.9 Å². The molecule has 0 atom stereocenters. The van der Waals surface area contributed by atoms with E-state index in [1.807, 2.05) is 37.3 Å². The van der Waals surface area contributed by atoms with E-state index in [1.165, 1.54) is 5.56 Å². The number of hydrogen-bond donors (Lipinski definition) is 2. The van der Waals surface area contributed by atoms with Crippen LogP contribution in [0.4, 0.5) is 0 Å². The minimum atomic E-state index is -3.71. The van der Waals surface area contributed by atoms with Gasteiger partial charge in [-0.3, -0.25) is 4.79 Å². The van der Waals surface area contributed by atoms with Crippen LogP contribution in [0.1, 0.15) is 29.5 Å². The Bertz CT molecular complexity index is 924. The number of fused-ring (bicyclic) bond motifs is 1. The van der Waals surface area contributed by atoms with Crippen LogP contribution >= 0.6 is 0 Å². The second-order valence-corrected chi connectivity index (χ2v) is 8.74. The molecule has 2 aromatic carbocycles. The van der Waals surface area contributed by atoms with Crippen LogP contribution in [0, 0.1) is 6.92 Å². The highest BCUT2D eigenvalue weighted by Gasteiger charge is 2.18. The lowest BCUT2D eigenvalue weighted by Crippen LogP contribution is -2.38. The van der Waals surface area contributed by atoms with Gasteiger partial charge in [0, 0.05) is 0 Å². The molecule has 0 bridgehead atoms. The Kier molecular flexibility index (Phi) is 6.70. The molecule has 2 aromatic rings. The number of aryl methyl sites for hydroxylation is 3. The maximum Gasteiger partial charge on any atom is 0.241 e. The van der Waals surface area contributed by atoms with Crippen molar-refractivity contribution in [2.75, 3.05) is 19.7 Å². The van der Waals surface area contributed by atoms with Gasteiger partial charge in [0.2, 0.25) is 15.9 Å². The molecule has 1 aliphatic carbocycles. The fourth-order valence-electron chi connectivity index (χ4n) is 3.18. The van der Waals surface area contributed by atoms with Gasteiger partial charge in [0.15, 0.2) is 0 Å². The molecule has 0 unspecified atom stereocenters. The second-order valence-electron chi connectivity index (χ2n) is 6.97. The molecule has 7 heteroatoms. The van der Waals surface area contributed by atoms with Gasteiger partial charge in [0.25, 0.3) is 0 Å². The number of ether oxygens (including phenoxy) is 1. The van der Waals surface area contributed by atoms with E-state index >= 15 is 0 Å². The molecule has 6 nitrogen and oxygen atoms in total. The predicted molar refractivity (Wildman–Crippen MR) is 108 cm³/mol. The van der Waals surface area contributed by atoms with Crippen LogP contribution < -0.4 is 14.8 Å². The number of carbonyl (C=O) groups excluding carboxylic acids is 1. The van der Waals surface area contributed by atoms with Crippen LogP contribution in [-0.4, -0.2) is 34.0 Å². The Morgan fingerprint density at radius 1 is 1.04 bits per heavy atom. The summed E-state index contributed by atoms with van der Waals surface area (Å²) in [5, 5.41) is 2.65. The quantitative estimate of drug-likeness (QED) is 0.664. The van der Waals surface area contributed by atoms with Crippen molar-refractivity contribution in [1.82, 2.24) is 10.0 Å². The molecule has 3 rings (SSSR count). The topological polar surface area (TPSA) is 84.5 Å². The number of nitrogens with one attached hydrogen (secondary N) is 2. The number of benzene rings is 2. The Morgan fingerprint density at radius 2 is 1.75 bits per heavy atom. The van der Waals surface area contributed by atoms with Crippen molar-refractivity contribution in [1.29, 1.82) is 0 Å². The van der Waals surface area contributed by atoms with Crippen molar-refractivity contribution in [3.05, 3.63) is 59.2 Å². The smallest absolute Gasteiger partial charge is 0.241 e. The van der Waals surface area contributed by atoms with Gasteiger partial charge in [-0.05, 0) is 68.0 Å². The molecular formula is C21H26N2O4S. The van der Waals surface area contributed by atoms with E-state index < -0.39 is 15.9 Å². The lowest BCUT2D eigenvalue weighted by Gasteiger charge is -2.16. The zero-order valence-electron chi connectivity index (χ0n) is 16.0. The molecule has 0 aliphatic heterocycles. The van der Waals surface area contributed by atoms with E-state index in [1.54, 1.807) is 12.1 Å². The van der Waals surface area contributed by atoms with Gasteiger partial charge >= 0.3 is 0 Å². The summed E-state index contributed by atoms with van der Waals surface area (Å²) in [5.41, 5.74) is 3.45. The summed E-state index contributed by atoms with van der Waals surface area (Å²) in [6, 6.07) is 12.8. The van der Waals surface area contributed by atoms with Gasteiger partial charge in [-0.15, -0.1) is 0 Å². The summed E-state index contributed by atoms with van der Waals surface area (Å²) in [5.74, 6) is 0.335. The molecule has 150 valence electrons. The lowest BCUT2D eigenvalue weighted by molar-refractivity contribution is -0.120. The Hall–Kier alpha value is -2.38. The van der Waals surface area contributed by atoms with Crippen molar-refractivity contribution >= 4 is 15.9 Å². The van der Waals surface area contributed by atoms with Gasteiger partial charge in [-0.2, -0.15) is 0 Å². The van der Waals surface area contributed by atoms with Crippen molar-refractivity contribution in [3.63, 3.8) is 0 Å². The summed E-state index contributed by atoms with van der Waals surface area (Å²) in [6.07, 6.45) is 4.12. The Balaban J connectivity index is 1.43. The number of hydrogen-bond acceptors (Lipinski definition) is 4. The van der Waals surface area contributed by atoms with Crippen molar-refractivity contribution in [3.8, 4) is 5.75 Å². The van der Waals surface area contributed by atoms with Gasteiger partial charge < -0.3 is 10.1 Å². The van der Waals surface area contributed by atoms with Gasteiger partial charge in [0.05, 0.1) is 18.0 Å². The first kappa shape index (κ1) is 20.4. The SMILES string of the molecule is Cc1ccc(OCCNC(=O)CNS(=O)(=O)c2ccc3c(c2)CCCC3)cc1. The summed E-state index contributed by atoms with van der Waals surface area (Å²) >= 11 is 0. The van der Waals surface area contributed by atoms with Crippen molar-refractivity contribution in [2.24, 2.45) is 0 Å². The van der Waals surface area contributed by atoms with E-state index in [0.29, 0.717) is 13.2 Å². The zero-order chi connectivity index (χ0) is 20.0. The highest BCUT2D eigenvalue weighted by atomic mass is 32.2. The number of rotatable bonds is 8. The van der Waals surface area contributed by atoms with Crippen LogP contribution in [-0.2, 0) is 27.7 Å². The normalized spacial score (nSPS) is 13.6. The average molecular weight is 403 g/mol. The third-order valence-electron chi connectivity index (χ3n) is 4.77. The first-order valence-electron chi connectivity index (χ1n) is 9.52. The highest BCUT2D eigenvalue weighted by molar-refractivity contribution is 7.89. The van der Waals surface area contributed by atoms with Crippen LogP contribution in [0.3, 0.4) is 0 Å². The molecule has 1 aliphatic rings. The van der Waals surface area contributed by atoms with E-state index in [-0.39, 0.29) is 11.4 Å². The summed E-state index contributed by atoms with van der Waals surface area (Å²) in [4.78, 5) is 12.1. The first-order chi connectivity index (χ1) is 13.4. The molecule has 0 spiro atoms. The van der Waals surface area contributed by atoms with Crippen LogP contribution in [0.5, 0.6) is 5.75 Å². The maximum absolute atomic E-state index is 12.4. The van der Waals surface area contributed by atoms with Gasteiger partial charge in [-0.1, -0.05) is 23.8 Å². The monoisotopic (exact) mass is 402 g/mol. The molecule has 0 heterocycles. The number of amides is 1. The minimum Gasteiger partial charge on any atom is -0.492 e. The minimum absolute atomic E-state index is 0.212. The molecule has 0 aromatic heterocycles. The lowest BCUT2D eigenvalue weighted by atomic mass is 9.92. The average Bonchev–Trinajstić information content (AvgIpc) is 2.70. The van der Waals surface area contributed by atoms with Crippen LogP contribution in [0.2, 0.25) is 0 Å². The van der Waals surface area contributed by atoms with Crippen LogP contribution in [0.25, 0.3) is 0 Å². The standard InChI is InChI=1S/C21H26N2O4S/c1-16-6-9-19(10-7-16)27-13-12-22-21(24)15-23-28(25,26)20-11-8-17-4-2-3-5-18(17)14-20/h6-11,14,23H,2-5,12-13,15H2,1H3,(H,22,24). The van der Waals surface area contributed by atoms with E-state index in [0.717, 1.165) is 42.6 Å². The molecular weight excluding hydrogens is 376 g/mol. The largest absolute Gasteiger partial charge is 0.492 e. The summed E-state index contributed by atoms with van der Waals surface area (Å²) in [7, 11) is -3.71. The van der Waals surface area contributed by atoms with E-state index in [4.69, 9.17) is 4.74 Å². The third-order valence-corrected chi connectivity index (χ3v) is 6.17. The summed E-state index contributed by atoms with van der Waals surface area (Å²) < 4.78 is 32.8. The first-order valence-corrected chi connectivity index (χ1v) is 11.0. The molecule has 2 N–H and O–H groups in total. The summed E-state index contributed by atoms with van der Waals surface area (Å²) in [6.45, 7) is 2.30. The second kappa shape index (κ2) is 9.21. The number of carbonyl (C=O) groups is 1. The Labute approximate surface area is 166 Å². The van der Waals surface area contributed by atoms with E-state index in [9.17, 15) is 13.2 Å². The highest BCUT2D eigenvalue weighted by Crippen LogP contribution is 2.23. The zero-order valence-corrected chi connectivity index (χ0v) is 16.8. The van der Waals surface area contributed by atoms with Gasteiger partial charge in [-0.25, -0.2) is 13.1 Å². The Morgan fingerprint density at radius 3 is 2.50 bits per heavy atom. The molecule has 0 saturated carbocycles. The van der Waals surface area contributed by atoms with E-state index in [2.05, 4.69) is 10.0 Å². The van der Waals surface area contributed by atoms with Crippen molar-refractivity contribution in [2.45, 2.75) is 37.5 Å².